The third-order valence-corrected chi connectivity index (χ3v) is 3.32. The predicted molar refractivity (Wildman–Crippen MR) is 69.3 cm³/mol. The molecule has 94 valence electrons. The second-order valence-electron chi connectivity index (χ2n) is 4.80. The number of fused-ring (bicyclic) bond motifs is 1. The highest BCUT2D eigenvalue weighted by molar-refractivity contribution is 5.37. The van der Waals surface area contributed by atoms with Crippen LogP contribution in [0.1, 0.15) is 12.1 Å². The molecule has 0 amide bonds. The smallest absolute Gasteiger partial charge is 0.258 e. The van der Waals surface area contributed by atoms with Gasteiger partial charge in [0.2, 0.25) is 0 Å². The predicted octanol–water partition coefficient (Wildman–Crippen LogP) is 0.228. The summed E-state index contributed by atoms with van der Waals surface area (Å²) in [5, 5.41) is 0. The molecule has 1 aliphatic rings. The molecule has 0 bridgehead atoms. The van der Waals surface area contributed by atoms with Gasteiger partial charge >= 0.3 is 0 Å². The molecule has 0 unspecified atom stereocenters. The van der Waals surface area contributed by atoms with E-state index in [0.29, 0.717) is 12.2 Å². The van der Waals surface area contributed by atoms with Crippen molar-refractivity contribution < 1.29 is 0 Å². The Bertz CT molecular complexity index is 622. The Morgan fingerprint density at radius 3 is 3.11 bits per heavy atom. The molecule has 5 nitrogen and oxygen atoms in total. The van der Waals surface area contributed by atoms with E-state index in [4.69, 9.17) is 5.73 Å². The fraction of sp³-hybridized carbons (Fsp3) is 0.385. The van der Waals surface area contributed by atoms with Gasteiger partial charge in [0.25, 0.3) is 5.56 Å². The Hall–Kier alpha value is -1.72. The number of hydrogen-bond acceptors (Lipinski definition) is 4. The van der Waals surface area contributed by atoms with Gasteiger partial charge in [-0.25, -0.2) is 4.98 Å². The Balaban J connectivity index is 1.91. The van der Waals surface area contributed by atoms with Gasteiger partial charge in [-0.2, -0.15) is 0 Å². The van der Waals surface area contributed by atoms with Gasteiger partial charge in [-0.15, -0.1) is 0 Å². The van der Waals surface area contributed by atoms with E-state index >= 15 is 0 Å². The minimum Gasteiger partial charge on any atom is -0.326 e. The third-order valence-electron chi connectivity index (χ3n) is 3.32. The van der Waals surface area contributed by atoms with Crippen LogP contribution in [0.3, 0.4) is 0 Å². The van der Waals surface area contributed by atoms with Gasteiger partial charge < -0.3 is 5.73 Å². The van der Waals surface area contributed by atoms with Crippen LogP contribution in [0.4, 0.5) is 0 Å². The first-order valence-corrected chi connectivity index (χ1v) is 6.17. The van der Waals surface area contributed by atoms with Gasteiger partial charge in [0.05, 0.1) is 5.69 Å². The number of hydrogen-bond donors (Lipinski definition) is 1. The van der Waals surface area contributed by atoms with Crippen LogP contribution in [-0.2, 0) is 6.54 Å². The third kappa shape index (κ3) is 2.14. The topological polar surface area (TPSA) is 63.6 Å². The summed E-state index contributed by atoms with van der Waals surface area (Å²) in [7, 11) is 0. The highest BCUT2D eigenvalue weighted by atomic mass is 16.1. The van der Waals surface area contributed by atoms with E-state index in [1.54, 1.807) is 16.7 Å². The second kappa shape index (κ2) is 4.51. The Morgan fingerprint density at radius 2 is 2.33 bits per heavy atom. The van der Waals surface area contributed by atoms with E-state index in [1.165, 1.54) is 0 Å². The summed E-state index contributed by atoms with van der Waals surface area (Å²) in [4.78, 5) is 18.7. The molecule has 1 saturated heterocycles. The summed E-state index contributed by atoms with van der Waals surface area (Å²) < 4.78 is 1.55. The molecule has 0 radical (unpaired) electrons. The minimum atomic E-state index is -0.0286. The van der Waals surface area contributed by atoms with Gasteiger partial charge in [0.1, 0.15) is 5.65 Å². The van der Waals surface area contributed by atoms with Crippen molar-refractivity contribution in [3.63, 3.8) is 0 Å². The monoisotopic (exact) mass is 244 g/mol. The molecule has 2 aromatic heterocycles. The number of pyridine rings is 1. The van der Waals surface area contributed by atoms with Crippen molar-refractivity contribution in [1.82, 2.24) is 14.3 Å². The first-order valence-electron chi connectivity index (χ1n) is 6.17. The maximum Gasteiger partial charge on any atom is 0.258 e. The summed E-state index contributed by atoms with van der Waals surface area (Å²) in [5.74, 6) is 0. The van der Waals surface area contributed by atoms with Crippen LogP contribution in [0.5, 0.6) is 0 Å². The van der Waals surface area contributed by atoms with Gasteiger partial charge in [0, 0.05) is 37.9 Å². The molecule has 5 heteroatoms. The Kier molecular flexibility index (Phi) is 2.85. The molecule has 3 rings (SSSR count). The van der Waals surface area contributed by atoms with Crippen LogP contribution < -0.4 is 11.3 Å². The lowest BCUT2D eigenvalue weighted by Gasteiger charge is -2.14. The molecule has 0 aromatic carbocycles. The molecule has 3 heterocycles. The number of likely N-dealkylation sites (tertiary alicyclic amines) is 1. The van der Waals surface area contributed by atoms with Crippen LogP contribution in [0.25, 0.3) is 5.65 Å². The molecule has 0 spiro atoms. The van der Waals surface area contributed by atoms with Crippen molar-refractivity contribution in [1.29, 1.82) is 0 Å². The number of nitrogens with zero attached hydrogens (tertiary/aromatic N) is 3. The maximum atomic E-state index is 11.9. The molecule has 1 fully saturated rings. The fourth-order valence-corrected chi connectivity index (χ4v) is 2.42. The van der Waals surface area contributed by atoms with Crippen molar-refractivity contribution in [2.45, 2.75) is 19.0 Å². The van der Waals surface area contributed by atoms with Gasteiger partial charge in [-0.3, -0.25) is 14.1 Å². The van der Waals surface area contributed by atoms with Gasteiger partial charge in [0.15, 0.2) is 0 Å². The van der Waals surface area contributed by atoms with Crippen LogP contribution in [0.15, 0.2) is 35.3 Å². The normalized spacial score (nSPS) is 20.6. The van der Waals surface area contributed by atoms with E-state index in [0.717, 1.165) is 25.2 Å². The molecule has 0 saturated carbocycles. The number of aromatic nitrogens is 2. The number of nitrogens with two attached hydrogens (primary N) is 1. The molecule has 2 N–H and O–H groups in total. The zero-order valence-corrected chi connectivity index (χ0v) is 10.1. The Labute approximate surface area is 105 Å². The van der Waals surface area contributed by atoms with Crippen LogP contribution in [-0.4, -0.2) is 33.4 Å². The largest absolute Gasteiger partial charge is 0.326 e. The SMILES string of the molecule is N[C@@H]1CCN(Cc2cc(=O)n3ccccc3n2)C1. The summed E-state index contributed by atoms with van der Waals surface area (Å²) in [6.07, 6.45) is 2.76. The zero-order chi connectivity index (χ0) is 12.5. The second-order valence-corrected chi connectivity index (χ2v) is 4.80. The zero-order valence-electron chi connectivity index (χ0n) is 10.1. The maximum absolute atomic E-state index is 11.9. The minimum absolute atomic E-state index is 0.0286. The molecule has 1 atom stereocenters. The molecule has 1 aliphatic heterocycles. The van der Waals surface area contributed by atoms with Crippen molar-refractivity contribution in [2.75, 3.05) is 13.1 Å². The highest BCUT2D eigenvalue weighted by Gasteiger charge is 2.19. The van der Waals surface area contributed by atoms with E-state index < -0.39 is 0 Å². The lowest BCUT2D eigenvalue weighted by molar-refractivity contribution is 0.323. The molecule has 18 heavy (non-hydrogen) atoms. The van der Waals surface area contributed by atoms with E-state index in [1.807, 2.05) is 18.2 Å². The van der Waals surface area contributed by atoms with Crippen LogP contribution in [0.2, 0.25) is 0 Å². The summed E-state index contributed by atoms with van der Waals surface area (Å²) in [5.41, 5.74) is 7.36. The summed E-state index contributed by atoms with van der Waals surface area (Å²) >= 11 is 0. The highest BCUT2D eigenvalue weighted by Crippen LogP contribution is 2.10. The standard InChI is InChI=1S/C13H16N4O/c14-10-4-6-16(8-10)9-11-7-13(18)17-5-2-1-3-12(17)15-11/h1-3,5,7,10H,4,6,8-9,14H2/t10-/m1/s1. The van der Waals surface area contributed by atoms with Crippen molar-refractivity contribution in [3.05, 3.63) is 46.5 Å². The van der Waals surface area contributed by atoms with Gasteiger partial charge in [-0.1, -0.05) is 6.07 Å². The van der Waals surface area contributed by atoms with Crippen LogP contribution in [0, 0.1) is 0 Å². The van der Waals surface area contributed by atoms with Crippen molar-refractivity contribution >= 4 is 5.65 Å². The molecule has 0 aliphatic carbocycles. The van der Waals surface area contributed by atoms with Gasteiger partial charge in [-0.05, 0) is 18.6 Å². The van der Waals surface area contributed by atoms with Crippen molar-refractivity contribution in [3.8, 4) is 0 Å². The summed E-state index contributed by atoms with van der Waals surface area (Å²) in [6.45, 7) is 2.57. The molecular formula is C13H16N4O. The van der Waals surface area contributed by atoms with Crippen molar-refractivity contribution in [2.24, 2.45) is 5.73 Å². The fourth-order valence-electron chi connectivity index (χ4n) is 2.42. The van der Waals surface area contributed by atoms with Crippen LogP contribution >= 0.6 is 0 Å². The first kappa shape index (κ1) is 11.4. The average Bonchev–Trinajstić information content (AvgIpc) is 2.75. The molecule has 2 aromatic rings. The number of rotatable bonds is 2. The quantitative estimate of drug-likeness (QED) is 0.821. The lowest BCUT2D eigenvalue weighted by atomic mass is 10.3. The first-order chi connectivity index (χ1) is 8.72. The molecular weight excluding hydrogens is 228 g/mol. The van der Waals surface area contributed by atoms with E-state index in [2.05, 4.69) is 9.88 Å². The lowest BCUT2D eigenvalue weighted by Crippen LogP contribution is -2.27. The van der Waals surface area contributed by atoms with E-state index in [9.17, 15) is 4.79 Å². The van der Waals surface area contributed by atoms with E-state index in [-0.39, 0.29) is 11.6 Å². The summed E-state index contributed by atoms with van der Waals surface area (Å²) in [6, 6.07) is 7.43. The Morgan fingerprint density at radius 1 is 1.44 bits per heavy atom. The average molecular weight is 244 g/mol.